The van der Waals surface area contributed by atoms with E-state index in [0.29, 0.717) is 0 Å². The van der Waals surface area contributed by atoms with Crippen LogP contribution in [0.5, 0.6) is 0 Å². The van der Waals surface area contributed by atoms with Gasteiger partial charge in [-0.3, -0.25) is 9.97 Å². The molecule has 2 aromatic rings. The molecule has 0 aliphatic rings. The summed E-state index contributed by atoms with van der Waals surface area (Å²) in [5, 5.41) is 0. The highest BCUT2D eigenvalue weighted by Gasteiger charge is 1.94. The Morgan fingerprint density at radius 1 is 1.17 bits per heavy atom. The van der Waals surface area contributed by atoms with Gasteiger partial charge in [0.1, 0.15) is 0 Å². The molecule has 2 heterocycles. The maximum absolute atomic E-state index is 4.13. The quantitative estimate of drug-likeness (QED) is 0.625. The van der Waals surface area contributed by atoms with Crippen molar-refractivity contribution in [2.75, 3.05) is 0 Å². The Hall–Kier alpha value is -1.70. The zero-order valence-electron chi connectivity index (χ0n) is 6.36. The summed E-state index contributed by atoms with van der Waals surface area (Å²) in [6.07, 6.45) is 5.03. The lowest BCUT2D eigenvalue weighted by Gasteiger charge is -1.96. The summed E-state index contributed by atoms with van der Waals surface area (Å²) in [5.41, 5.74) is 1.88. The summed E-state index contributed by atoms with van der Waals surface area (Å²) in [7, 11) is 0. The van der Waals surface area contributed by atoms with Gasteiger partial charge in [0.25, 0.3) is 0 Å². The molecule has 0 saturated carbocycles. The van der Waals surface area contributed by atoms with E-state index >= 15 is 0 Å². The van der Waals surface area contributed by atoms with E-state index in [4.69, 9.17) is 0 Å². The van der Waals surface area contributed by atoms with Crippen LogP contribution in [0.3, 0.4) is 0 Å². The molecule has 2 radical (unpaired) electrons. The third kappa shape index (κ3) is 1.32. The fourth-order valence-electron chi connectivity index (χ4n) is 0.956. The lowest BCUT2D eigenvalue weighted by molar-refractivity contribution is 1.27. The van der Waals surface area contributed by atoms with Crippen LogP contribution in [-0.2, 0) is 0 Å². The average Bonchev–Trinajstić information content (AvgIpc) is 2.21. The number of pyridine rings is 2. The summed E-state index contributed by atoms with van der Waals surface area (Å²) < 4.78 is 0. The fourth-order valence-corrected chi connectivity index (χ4v) is 0.956. The average molecular weight is 154 g/mol. The van der Waals surface area contributed by atoms with Crippen molar-refractivity contribution in [1.82, 2.24) is 9.97 Å². The lowest BCUT2D eigenvalue weighted by atomic mass is 10.2. The van der Waals surface area contributed by atoms with Crippen LogP contribution in [0.2, 0.25) is 0 Å². The van der Waals surface area contributed by atoms with Crippen LogP contribution in [0.1, 0.15) is 0 Å². The van der Waals surface area contributed by atoms with E-state index < -0.39 is 0 Å². The minimum Gasteiger partial charge on any atom is -0.263 e. The highest BCUT2D eigenvalue weighted by atomic mass is 14.7. The van der Waals surface area contributed by atoms with E-state index in [-0.39, 0.29) is 0 Å². The van der Waals surface area contributed by atoms with E-state index in [1.54, 1.807) is 18.6 Å². The van der Waals surface area contributed by atoms with Crippen LogP contribution in [0, 0.1) is 12.1 Å². The Labute approximate surface area is 70.9 Å². The van der Waals surface area contributed by atoms with Crippen molar-refractivity contribution in [3.05, 3.63) is 48.9 Å². The fraction of sp³-hybridized carbons (Fsp3) is 0. The maximum Gasteiger partial charge on any atom is 0.0718 e. The molecule has 0 bridgehead atoms. The number of nitrogens with zero attached hydrogens (tertiary/aromatic N) is 2. The van der Waals surface area contributed by atoms with Gasteiger partial charge in [-0.05, 0) is 12.1 Å². The number of hydrogen-bond acceptors (Lipinski definition) is 2. The smallest absolute Gasteiger partial charge is 0.0718 e. The molecule has 2 aromatic heterocycles. The second kappa shape index (κ2) is 3.13. The van der Waals surface area contributed by atoms with Crippen LogP contribution in [0.25, 0.3) is 11.3 Å². The summed E-state index contributed by atoms with van der Waals surface area (Å²) >= 11 is 0. The predicted octanol–water partition coefficient (Wildman–Crippen LogP) is 1.74. The molecule has 2 heteroatoms. The normalized spacial score (nSPS) is 9.67. The molecule has 0 N–H and O–H groups in total. The molecular weight excluding hydrogens is 148 g/mol. The Kier molecular flexibility index (Phi) is 1.82. The van der Waals surface area contributed by atoms with Gasteiger partial charge >= 0.3 is 0 Å². The molecule has 0 atom stereocenters. The van der Waals surface area contributed by atoms with Gasteiger partial charge in [0.2, 0.25) is 0 Å². The van der Waals surface area contributed by atoms with E-state index in [9.17, 15) is 0 Å². The summed E-state index contributed by atoms with van der Waals surface area (Å²) in [6, 6.07) is 11.3. The highest BCUT2D eigenvalue weighted by Crippen LogP contribution is 2.12. The van der Waals surface area contributed by atoms with Crippen LogP contribution < -0.4 is 0 Å². The number of aromatic nitrogens is 2. The molecule has 0 saturated heterocycles. The highest BCUT2D eigenvalue weighted by molar-refractivity contribution is 5.56. The first-order chi connectivity index (χ1) is 5.97. The van der Waals surface area contributed by atoms with E-state index in [1.165, 1.54) is 0 Å². The molecular formula is C10H6N2. The first kappa shape index (κ1) is 6.98. The predicted molar refractivity (Wildman–Crippen MR) is 45.1 cm³/mol. The summed E-state index contributed by atoms with van der Waals surface area (Å²) in [5.74, 6) is 0. The van der Waals surface area contributed by atoms with Crippen molar-refractivity contribution in [3.8, 4) is 11.3 Å². The third-order valence-electron chi connectivity index (χ3n) is 1.51. The van der Waals surface area contributed by atoms with Crippen molar-refractivity contribution in [2.45, 2.75) is 0 Å². The zero-order chi connectivity index (χ0) is 8.23. The van der Waals surface area contributed by atoms with Crippen molar-refractivity contribution < 1.29 is 0 Å². The minimum atomic E-state index is 0.901. The largest absolute Gasteiger partial charge is 0.263 e. The van der Waals surface area contributed by atoms with Crippen LogP contribution in [-0.4, -0.2) is 9.97 Å². The molecule has 2 rings (SSSR count). The topological polar surface area (TPSA) is 25.8 Å². The Morgan fingerprint density at radius 2 is 2.17 bits per heavy atom. The number of rotatable bonds is 1. The first-order valence-electron chi connectivity index (χ1n) is 3.60. The van der Waals surface area contributed by atoms with E-state index in [0.717, 1.165) is 11.3 Å². The molecule has 2 nitrogen and oxygen atoms in total. The van der Waals surface area contributed by atoms with Gasteiger partial charge in [0, 0.05) is 36.3 Å². The van der Waals surface area contributed by atoms with Crippen LogP contribution >= 0.6 is 0 Å². The Morgan fingerprint density at radius 3 is 2.83 bits per heavy atom. The van der Waals surface area contributed by atoms with Crippen molar-refractivity contribution in [3.63, 3.8) is 0 Å². The molecule has 0 spiro atoms. The van der Waals surface area contributed by atoms with Gasteiger partial charge in [-0.2, -0.15) is 0 Å². The Balaban J connectivity index is 2.46. The van der Waals surface area contributed by atoms with Gasteiger partial charge < -0.3 is 0 Å². The Bertz CT molecular complexity index is 305. The molecule has 0 aliphatic carbocycles. The second-order valence-corrected chi connectivity index (χ2v) is 2.32. The van der Waals surface area contributed by atoms with Gasteiger partial charge in [0.15, 0.2) is 0 Å². The van der Waals surface area contributed by atoms with Crippen LogP contribution in [0.15, 0.2) is 36.8 Å². The van der Waals surface area contributed by atoms with E-state index in [2.05, 4.69) is 22.1 Å². The zero-order valence-corrected chi connectivity index (χ0v) is 6.36. The van der Waals surface area contributed by atoms with Gasteiger partial charge in [-0.25, -0.2) is 0 Å². The molecule has 56 valence electrons. The summed E-state index contributed by atoms with van der Waals surface area (Å²) in [4.78, 5) is 8.09. The first-order valence-corrected chi connectivity index (χ1v) is 3.60. The lowest BCUT2D eigenvalue weighted by Crippen LogP contribution is -1.81. The molecule has 0 aliphatic heterocycles. The maximum atomic E-state index is 4.13. The molecule has 12 heavy (non-hydrogen) atoms. The van der Waals surface area contributed by atoms with E-state index in [1.807, 2.05) is 18.2 Å². The van der Waals surface area contributed by atoms with Gasteiger partial charge in [0.05, 0.1) is 5.69 Å². The minimum absolute atomic E-state index is 0.901. The molecule has 0 fully saturated rings. The van der Waals surface area contributed by atoms with Crippen LogP contribution in [0.4, 0.5) is 0 Å². The van der Waals surface area contributed by atoms with Gasteiger partial charge in [-0.1, -0.05) is 6.07 Å². The third-order valence-corrected chi connectivity index (χ3v) is 1.51. The monoisotopic (exact) mass is 154 g/mol. The van der Waals surface area contributed by atoms with Gasteiger partial charge in [-0.15, -0.1) is 0 Å². The van der Waals surface area contributed by atoms with Crippen molar-refractivity contribution in [2.24, 2.45) is 0 Å². The van der Waals surface area contributed by atoms with Crippen molar-refractivity contribution >= 4 is 0 Å². The SMILES string of the molecule is [c]1ccc(-c2c[c]cnc2)nc1. The number of hydrogen-bond donors (Lipinski definition) is 0. The molecule has 0 aromatic carbocycles. The second-order valence-electron chi connectivity index (χ2n) is 2.32. The van der Waals surface area contributed by atoms with Crippen molar-refractivity contribution in [1.29, 1.82) is 0 Å². The summed E-state index contributed by atoms with van der Waals surface area (Å²) in [6.45, 7) is 0. The standard InChI is InChI=1S/C10H6N2/c1-2-7-12-10(5-1)9-4-3-6-11-8-9/h1,4-8H. The molecule has 0 amide bonds. The molecule has 0 unspecified atom stereocenters.